The van der Waals surface area contributed by atoms with Crippen molar-refractivity contribution < 1.29 is 5.11 Å². The van der Waals surface area contributed by atoms with Crippen LogP contribution in [0.3, 0.4) is 0 Å². The molecular formula is C4H9NO. The molecule has 0 aromatic carbocycles. The van der Waals surface area contributed by atoms with Gasteiger partial charge in [-0.1, -0.05) is 0 Å². The van der Waals surface area contributed by atoms with E-state index in [2.05, 4.69) is 0 Å². The lowest BCUT2D eigenvalue weighted by Gasteiger charge is -1.94. The van der Waals surface area contributed by atoms with Gasteiger partial charge in [-0.05, 0) is 18.8 Å². The molecule has 3 N–H and O–H groups in total. The van der Waals surface area contributed by atoms with E-state index >= 15 is 0 Å². The Hall–Kier alpha value is -0.0800. The molecule has 0 saturated heterocycles. The van der Waals surface area contributed by atoms with E-state index in [1.807, 2.05) is 0 Å². The first-order valence-electron chi connectivity index (χ1n) is 2.24. The highest BCUT2D eigenvalue weighted by molar-refractivity contribution is 4.76. The number of hydrogen-bond acceptors (Lipinski definition) is 2. The molecule has 0 aromatic rings. The predicted octanol–water partition coefficient (Wildman–Crippen LogP) is -0.327. The van der Waals surface area contributed by atoms with Gasteiger partial charge in [0.1, 0.15) is 6.23 Å². The molecule has 0 unspecified atom stereocenters. The molecule has 1 atom stereocenters. The van der Waals surface area contributed by atoms with E-state index < -0.39 is 6.23 Å². The van der Waals surface area contributed by atoms with Crippen molar-refractivity contribution in [3.05, 3.63) is 0 Å². The van der Waals surface area contributed by atoms with E-state index in [1.54, 1.807) is 0 Å². The molecule has 6 heavy (non-hydrogen) atoms. The highest BCUT2D eigenvalue weighted by Crippen LogP contribution is 2.29. The lowest BCUT2D eigenvalue weighted by atomic mass is 10.4. The second-order valence-electron chi connectivity index (χ2n) is 1.83. The minimum atomic E-state index is -0.537. The molecule has 1 rings (SSSR count). The lowest BCUT2D eigenvalue weighted by molar-refractivity contribution is 0.159. The van der Waals surface area contributed by atoms with Gasteiger partial charge in [-0.3, -0.25) is 0 Å². The second-order valence-corrected chi connectivity index (χ2v) is 1.83. The van der Waals surface area contributed by atoms with Gasteiger partial charge in [-0.15, -0.1) is 0 Å². The molecule has 0 spiro atoms. The van der Waals surface area contributed by atoms with Crippen LogP contribution in [0, 0.1) is 5.92 Å². The van der Waals surface area contributed by atoms with E-state index in [9.17, 15) is 0 Å². The fraction of sp³-hybridized carbons (Fsp3) is 1.00. The summed E-state index contributed by atoms with van der Waals surface area (Å²) in [6.07, 6.45) is 1.71. The average molecular weight is 87.1 g/mol. The maximum absolute atomic E-state index is 8.47. The number of aliphatic hydroxyl groups excluding tert-OH is 1. The smallest absolute Gasteiger partial charge is 0.105 e. The number of hydrogen-bond donors (Lipinski definition) is 2. The van der Waals surface area contributed by atoms with Crippen LogP contribution in [0.2, 0.25) is 0 Å². The summed E-state index contributed by atoms with van der Waals surface area (Å²) in [5.74, 6) is 0.435. The Morgan fingerprint density at radius 1 is 1.67 bits per heavy atom. The summed E-state index contributed by atoms with van der Waals surface area (Å²) < 4.78 is 0. The quantitative estimate of drug-likeness (QED) is 0.430. The zero-order valence-corrected chi connectivity index (χ0v) is 3.59. The zero-order valence-electron chi connectivity index (χ0n) is 3.59. The minimum absolute atomic E-state index is 0.435. The van der Waals surface area contributed by atoms with E-state index in [4.69, 9.17) is 10.8 Å². The first-order valence-corrected chi connectivity index (χ1v) is 2.24. The third-order valence-corrected chi connectivity index (χ3v) is 1.10. The van der Waals surface area contributed by atoms with Crippen molar-refractivity contribution in [2.45, 2.75) is 19.1 Å². The largest absolute Gasteiger partial charge is 0.379 e. The van der Waals surface area contributed by atoms with Gasteiger partial charge in [0.15, 0.2) is 0 Å². The monoisotopic (exact) mass is 87.1 g/mol. The molecular weight excluding hydrogens is 78.0 g/mol. The fourth-order valence-corrected chi connectivity index (χ4v) is 0.438. The van der Waals surface area contributed by atoms with Gasteiger partial charge in [0.2, 0.25) is 0 Å². The number of rotatable bonds is 1. The molecule has 1 saturated carbocycles. The molecule has 1 aliphatic carbocycles. The van der Waals surface area contributed by atoms with Crippen LogP contribution in [0.1, 0.15) is 12.8 Å². The third-order valence-electron chi connectivity index (χ3n) is 1.10. The van der Waals surface area contributed by atoms with Crippen molar-refractivity contribution in [3.63, 3.8) is 0 Å². The molecule has 2 nitrogen and oxygen atoms in total. The van der Waals surface area contributed by atoms with Gasteiger partial charge >= 0.3 is 0 Å². The number of nitrogens with two attached hydrogens (primary N) is 1. The van der Waals surface area contributed by atoms with E-state index in [1.165, 1.54) is 0 Å². The van der Waals surface area contributed by atoms with E-state index in [-0.39, 0.29) is 0 Å². The summed E-state index contributed by atoms with van der Waals surface area (Å²) in [7, 11) is 0. The van der Waals surface area contributed by atoms with Crippen LogP contribution in [0.4, 0.5) is 0 Å². The third kappa shape index (κ3) is 0.698. The Balaban J connectivity index is 2.13. The first-order chi connectivity index (χ1) is 2.80. The molecule has 2 heteroatoms. The average Bonchev–Trinajstić information content (AvgIpc) is 2.06. The molecule has 0 heterocycles. The zero-order chi connectivity index (χ0) is 4.57. The van der Waals surface area contributed by atoms with Crippen molar-refractivity contribution >= 4 is 0 Å². The maximum atomic E-state index is 8.47. The van der Waals surface area contributed by atoms with Gasteiger partial charge in [-0.25, -0.2) is 0 Å². The van der Waals surface area contributed by atoms with Gasteiger partial charge in [0.05, 0.1) is 0 Å². The van der Waals surface area contributed by atoms with Crippen LogP contribution < -0.4 is 5.73 Å². The minimum Gasteiger partial charge on any atom is -0.379 e. The lowest BCUT2D eigenvalue weighted by Crippen LogP contribution is -2.20. The van der Waals surface area contributed by atoms with Gasteiger partial charge in [0, 0.05) is 0 Å². The summed E-state index contributed by atoms with van der Waals surface area (Å²) >= 11 is 0. The highest BCUT2D eigenvalue weighted by Gasteiger charge is 2.26. The predicted molar refractivity (Wildman–Crippen MR) is 22.9 cm³/mol. The molecule has 0 aliphatic heterocycles. The molecule has 1 aliphatic rings. The van der Waals surface area contributed by atoms with Gasteiger partial charge in [-0.2, -0.15) is 0 Å². The van der Waals surface area contributed by atoms with Crippen LogP contribution in [0.5, 0.6) is 0 Å². The Morgan fingerprint density at radius 2 is 2.17 bits per heavy atom. The van der Waals surface area contributed by atoms with Crippen molar-refractivity contribution in [2.24, 2.45) is 11.7 Å². The Morgan fingerprint density at radius 3 is 2.17 bits per heavy atom. The number of aliphatic hydroxyl groups is 1. The topological polar surface area (TPSA) is 46.2 Å². The first kappa shape index (κ1) is 4.09. The Labute approximate surface area is 37.0 Å². The normalized spacial score (nSPS) is 27.0. The molecule has 0 bridgehead atoms. The van der Waals surface area contributed by atoms with Crippen molar-refractivity contribution in [1.29, 1.82) is 0 Å². The highest BCUT2D eigenvalue weighted by atomic mass is 16.3. The van der Waals surface area contributed by atoms with Crippen LogP contribution >= 0.6 is 0 Å². The molecule has 0 amide bonds. The fourth-order valence-electron chi connectivity index (χ4n) is 0.438. The van der Waals surface area contributed by atoms with Crippen molar-refractivity contribution in [2.75, 3.05) is 0 Å². The van der Waals surface area contributed by atoms with Crippen LogP contribution in [0.25, 0.3) is 0 Å². The van der Waals surface area contributed by atoms with Crippen molar-refractivity contribution in [3.8, 4) is 0 Å². The van der Waals surface area contributed by atoms with E-state index in [0.717, 1.165) is 12.8 Å². The Bertz CT molecular complexity index is 49.5. The summed E-state index contributed by atoms with van der Waals surface area (Å²) in [5, 5.41) is 8.47. The summed E-state index contributed by atoms with van der Waals surface area (Å²) in [6.45, 7) is 0. The summed E-state index contributed by atoms with van der Waals surface area (Å²) in [6, 6.07) is 0. The van der Waals surface area contributed by atoms with Gasteiger partial charge in [0.25, 0.3) is 0 Å². The second kappa shape index (κ2) is 1.21. The summed E-state index contributed by atoms with van der Waals surface area (Å²) in [5.41, 5.74) is 5.05. The maximum Gasteiger partial charge on any atom is 0.105 e. The molecule has 1 fully saturated rings. The molecule has 0 aromatic heterocycles. The van der Waals surface area contributed by atoms with Crippen LogP contribution in [-0.4, -0.2) is 11.3 Å². The Kier molecular flexibility index (Phi) is 0.821. The van der Waals surface area contributed by atoms with Crippen molar-refractivity contribution in [1.82, 2.24) is 0 Å². The standard InChI is InChI=1S/C4H9NO/c5-4(6)3-1-2-3/h3-4,6H,1-2,5H2/t4-/m1/s1. The van der Waals surface area contributed by atoms with Gasteiger partial charge < -0.3 is 10.8 Å². The van der Waals surface area contributed by atoms with Crippen LogP contribution in [0.15, 0.2) is 0 Å². The molecule has 36 valence electrons. The van der Waals surface area contributed by atoms with Crippen LogP contribution in [-0.2, 0) is 0 Å². The molecule has 0 radical (unpaired) electrons. The summed E-state index contributed by atoms with van der Waals surface area (Å²) in [4.78, 5) is 0. The van der Waals surface area contributed by atoms with E-state index in [0.29, 0.717) is 5.92 Å². The SMILES string of the molecule is N[C@H](O)C1CC1.